The van der Waals surface area contributed by atoms with Crippen molar-refractivity contribution in [1.29, 1.82) is 0 Å². The minimum atomic E-state index is -0.261. The lowest BCUT2D eigenvalue weighted by Gasteiger charge is -2.24. The minimum Gasteiger partial charge on any atom is -0.377 e. The Labute approximate surface area is 115 Å². The second-order valence-electron chi connectivity index (χ2n) is 6.17. The van der Waals surface area contributed by atoms with Crippen molar-refractivity contribution < 1.29 is 4.74 Å². The molecule has 0 bridgehead atoms. The fourth-order valence-electron chi connectivity index (χ4n) is 1.32. The number of aromatic nitrogens is 2. The molecule has 0 saturated heterocycles. The van der Waals surface area contributed by atoms with Crippen LogP contribution in [0.15, 0.2) is 6.07 Å². The Morgan fingerprint density at radius 3 is 2.21 bits per heavy atom. The number of nitrogens with zero attached hydrogens (tertiary/aromatic N) is 2. The van der Waals surface area contributed by atoms with Crippen LogP contribution >= 0.6 is 0 Å². The molecule has 6 nitrogen and oxygen atoms in total. The normalized spacial score (nSPS) is 12.4. The predicted octanol–water partition coefficient (Wildman–Crippen LogP) is 1.90. The van der Waals surface area contributed by atoms with Gasteiger partial charge in [0.1, 0.15) is 17.5 Å². The van der Waals surface area contributed by atoms with Gasteiger partial charge in [0.05, 0.1) is 5.60 Å². The molecule has 0 unspecified atom stereocenters. The van der Waals surface area contributed by atoms with Crippen LogP contribution < -0.4 is 16.6 Å². The van der Waals surface area contributed by atoms with Crippen LogP contribution in [0.4, 0.5) is 11.6 Å². The Morgan fingerprint density at radius 1 is 1.16 bits per heavy atom. The number of anilines is 2. The van der Waals surface area contributed by atoms with Gasteiger partial charge in [-0.1, -0.05) is 20.8 Å². The summed E-state index contributed by atoms with van der Waals surface area (Å²) in [7, 11) is 1.69. The Bertz CT molecular complexity index is 426. The maximum absolute atomic E-state index is 5.45. The summed E-state index contributed by atoms with van der Waals surface area (Å²) in [6, 6.07) is 1.78. The van der Waals surface area contributed by atoms with E-state index in [1.165, 1.54) is 0 Å². The number of ether oxygens (including phenoxy) is 1. The van der Waals surface area contributed by atoms with Crippen LogP contribution in [0, 0.1) is 0 Å². The van der Waals surface area contributed by atoms with Gasteiger partial charge in [0.2, 0.25) is 0 Å². The van der Waals surface area contributed by atoms with Crippen molar-refractivity contribution in [2.24, 2.45) is 5.84 Å². The van der Waals surface area contributed by atoms with Crippen LogP contribution in [0.2, 0.25) is 0 Å². The third kappa shape index (κ3) is 4.65. The molecule has 0 aliphatic heterocycles. The molecule has 0 aromatic carbocycles. The molecular formula is C13H25N5O. The molecule has 0 fully saturated rings. The third-order valence-corrected chi connectivity index (χ3v) is 2.79. The first-order chi connectivity index (χ1) is 8.68. The Morgan fingerprint density at radius 2 is 1.74 bits per heavy atom. The fourth-order valence-corrected chi connectivity index (χ4v) is 1.32. The van der Waals surface area contributed by atoms with E-state index in [-0.39, 0.29) is 11.0 Å². The highest BCUT2D eigenvalue weighted by atomic mass is 16.5. The summed E-state index contributed by atoms with van der Waals surface area (Å²) in [6.07, 6.45) is 0. The second kappa shape index (κ2) is 5.71. The van der Waals surface area contributed by atoms with Crippen molar-refractivity contribution >= 4 is 11.6 Å². The van der Waals surface area contributed by atoms with Crippen LogP contribution in [0.5, 0.6) is 0 Å². The first kappa shape index (κ1) is 15.7. The van der Waals surface area contributed by atoms with Crippen LogP contribution in [-0.2, 0) is 10.2 Å². The van der Waals surface area contributed by atoms with E-state index in [0.29, 0.717) is 12.4 Å². The quantitative estimate of drug-likeness (QED) is 0.558. The summed E-state index contributed by atoms with van der Waals surface area (Å²) in [6.45, 7) is 10.8. The molecule has 0 amide bonds. The molecule has 0 aliphatic carbocycles. The van der Waals surface area contributed by atoms with E-state index in [0.717, 1.165) is 11.6 Å². The van der Waals surface area contributed by atoms with Crippen molar-refractivity contribution in [3.05, 3.63) is 11.9 Å². The van der Waals surface area contributed by atoms with Crippen molar-refractivity contribution in [3.63, 3.8) is 0 Å². The summed E-state index contributed by atoms with van der Waals surface area (Å²) < 4.78 is 5.37. The smallest absolute Gasteiger partial charge is 0.145 e. The maximum atomic E-state index is 5.45. The van der Waals surface area contributed by atoms with Crippen molar-refractivity contribution in [2.45, 2.75) is 45.6 Å². The molecule has 4 N–H and O–H groups in total. The number of nitrogens with two attached hydrogens (primary N) is 1. The number of methoxy groups -OCH3 is 1. The van der Waals surface area contributed by atoms with E-state index < -0.39 is 0 Å². The Balaban J connectivity index is 2.95. The van der Waals surface area contributed by atoms with Gasteiger partial charge in [0, 0.05) is 25.1 Å². The standard InChI is InChI=1S/C13H25N5O/c1-12(2,3)11-16-9(7-10(17-11)18-14)15-8-13(4,5)19-6/h7H,8,14H2,1-6H3,(H2,15,16,17,18). The molecule has 0 spiro atoms. The van der Waals surface area contributed by atoms with Crippen LogP contribution in [0.25, 0.3) is 0 Å². The van der Waals surface area contributed by atoms with Gasteiger partial charge in [-0.3, -0.25) is 0 Å². The Kier molecular flexibility index (Phi) is 4.70. The zero-order valence-corrected chi connectivity index (χ0v) is 12.7. The molecule has 1 aromatic rings. The number of nitrogen functional groups attached to an aromatic ring is 1. The van der Waals surface area contributed by atoms with E-state index in [9.17, 15) is 0 Å². The molecule has 0 radical (unpaired) electrons. The summed E-state index contributed by atoms with van der Waals surface area (Å²) in [5.41, 5.74) is 2.17. The highest BCUT2D eigenvalue weighted by molar-refractivity contribution is 5.47. The maximum Gasteiger partial charge on any atom is 0.145 e. The second-order valence-corrected chi connectivity index (χ2v) is 6.17. The monoisotopic (exact) mass is 267 g/mol. The van der Waals surface area contributed by atoms with Gasteiger partial charge in [0.25, 0.3) is 0 Å². The van der Waals surface area contributed by atoms with Gasteiger partial charge < -0.3 is 15.5 Å². The van der Waals surface area contributed by atoms with E-state index in [1.807, 2.05) is 13.8 Å². The molecule has 0 aliphatic rings. The topological polar surface area (TPSA) is 85.1 Å². The van der Waals surface area contributed by atoms with Crippen LogP contribution in [0.1, 0.15) is 40.4 Å². The predicted molar refractivity (Wildman–Crippen MR) is 78.1 cm³/mol. The van der Waals surface area contributed by atoms with E-state index in [1.54, 1.807) is 13.2 Å². The number of hydrazine groups is 1. The highest BCUT2D eigenvalue weighted by Gasteiger charge is 2.20. The van der Waals surface area contributed by atoms with Crippen molar-refractivity contribution in [2.75, 3.05) is 24.4 Å². The van der Waals surface area contributed by atoms with Gasteiger partial charge in [-0.15, -0.1) is 0 Å². The first-order valence-corrected chi connectivity index (χ1v) is 6.33. The summed E-state index contributed by atoms with van der Waals surface area (Å²) in [4.78, 5) is 8.89. The van der Waals surface area contributed by atoms with Crippen molar-refractivity contribution in [3.8, 4) is 0 Å². The number of rotatable bonds is 5. The molecule has 0 saturated carbocycles. The minimum absolute atomic E-state index is 0.139. The SMILES string of the molecule is COC(C)(C)CNc1cc(NN)nc(C(C)(C)C)n1. The van der Waals surface area contributed by atoms with Gasteiger partial charge in [-0.2, -0.15) is 0 Å². The lowest BCUT2D eigenvalue weighted by Crippen LogP contribution is -2.32. The van der Waals surface area contributed by atoms with Gasteiger partial charge in [-0.05, 0) is 13.8 Å². The largest absolute Gasteiger partial charge is 0.377 e. The summed E-state index contributed by atoms with van der Waals surface area (Å²) >= 11 is 0. The number of hydrogen-bond donors (Lipinski definition) is 3. The molecule has 6 heteroatoms. The molecule has 19 heavy (non-hydrogen) atoms. The molecule has 0 atom stereocenters. The lowest BCUT2D eigenvalue weighted by molar-refractivity contribution is 0.0343. The zero-order valence-electron chi connectivity index (χ0n) is 12.7. The molecule has 1 heterocycles. The molecule has 1 aromatic heterocycles. The number of nitrogens with one attached hydrogen (secondary N) is 2. The van der Waals surface area contributed by atoms with E-state index in [4.69, 9.17) is 10.6 Å². The molecule has 108 valence electrons. The zero-order chi connectivity index (χ0) is 14.7. The van der Waals surface area contributed by atoms with Gasteiger partial charge in [0.15, 0.2) is 0 Å². The van der Waals surface area contributed by atoms with Crippen LogP contribution in [-0.4, -0.2) is 29.2 Å². The lowest BCUT2D eigenvalue weighted by atomic mass is 9.96. The van der Waals surface area contributed by atoms with E-state index in [2.05, 4.69) is 41.5 Å². The molecule has 1 rings (SSSR count). The van der Waals surface area contributed by atoms with Gasteiger partial charge >= 0.3 is 0 Å². The van der Waals surface area contributed by atoms with Crippen LogP contribution in [0.3, 0.4) is 0 Å². The molecular weight excluding hydrogens is 242 g/mol. The summed E-state index contributed by atoms with van der Waals surface area (Å²) in [5, 5.41) is 3.25. The first-order valence-electron chi connectivity index (χ1n) is 6.33. The van der Waals surface area contributed by atoms with Gasteiger partial charge in [-0.25, -0.2) is 15.8 Å². The average Bonchev–Trinajstić information content (AvgIpc) is 2.35. The fraction of sp³-hybridized carbons (Fsp3) is 0.692. The average molecular weight is 267 g/mol. The number of hydrogen-bond acceptors (Lipinski definition) is 6. The summed E-state index contributed by atoms with van der Waals surface area (Å²) in [5.74, 6) is 7.51. The highest BCUT2D eigenvalue weighted by Crippen LogP contribution is 2.22. The third-order valence-electron chi connectivity index (χ3n) is 2.79. The van der Waals surface area contributed by atoms with E-state index >= 15 is 0 Å². The van der Waals surface area contributed by atoms with Crippen molar-refractivity contribution in [1.82, 2.24) is 9.97 Å². The Hall–Kier alpha value is -1.40.